The molecule has 1 amide bonds. The molecule has 1 aromatic carbocycles. The first-order valence-electron chi connectivity index (χ1n) is 6.28. The first-order chi connectivity index (χ1) is 9.93. The van der Waals surface area contributed by atoms with Gasteiger partial charge < -0.3 is 5.32 Å². The highest BCUT2D eigenvalue weighted by Gasteiger charge is 2.31. The standard InChI is InChI=1S/C13H11F2N3O3/c14-9-4-8(12(18(20)21)5-10(9)15)13(19)17-11-3-1-2-7(11)6-16/h4-5,7,11H,1-3H2,(H,17,19). The molecule has 0 aromatic heterocycles. The fourth-order valence-corrected chi connectivity index (χ4v) is 2.40. The quantitative estimate of drug-likeness (QED) is 0.683. The van der Waals surface area contributed by atoms with Crippen LogP contribution in [-0.2, 0) is 0 Å². The lowest BCUT2D eigenvalue weighted by Gasteiger charge is -2.15. The minimum atomic E-state index is -1.39. The van der Waals surface area contributed by atoms with Gasteiger partial charge in [-0.15, -0.1) is 0 Å². The minimum Gasteiger partial charge on any atom is -0.348 e. The molecule has 110 valence electrons. The molecule has 0 spiro atoms. The fourth-order valence-electron chi connectivity index (χ4n) is 2.40. The second-order valence-corrected chi connectivity index (χ2v) is 4.79. The Balaban J connectivity index is 2.29. The summed E-state index contributed by atoms with van der Waals surface area (Å²) >= 11 is 0. The summed E-state index contributed by atoms with van der Waals surface area (Å²) < 4.78 is 26.3. The number of nitrogens with one attached hydrogen (secondary N) is 1. The van der Waals surface area contributed by atoms with Crippen molar-refractivity contribution in [3.05, 3.63) is 39.4 Å². The van der Waals surface area contributed by atoms with Gasteiger partial charge in [0.15, 0.2) is 11.6 Å². The van der Waals surface area contributed by atoms with E-state index in [0.29, 0.717) is 25.0 Å². The molecule has 0 aliphatic heterocycles. The maximum atomic E-state index is 13.2. The third-order valence-corrected chi connectivity index (χ3v) is 3.48. The zero-order chi connectivity index (χ0) is 15.6. The normalized spacial score (nSPS) is 20.8. The average molecular weight is 295 g/mol. The lowest BCUT2D eigenvalue weighted by Crippen LogP contribution is -2.37. The van der Waals surface area contributed by atoms with E-state index in [9.17, 15) is 23.7 Å². The van der Waals surface area contributed by atoms with Gasteiger partial charge in [0.1, 0.15) is 5.56 Å². The number of nitrogens with zero attached hydrogens (tertiary/aromatic N) is 2. The van der Waals surface area contributed by atoms with E-state index in [-0.39, 0.29) is 5.92 Å². The van der Waals surface area contributed by atoms with E-state index >= 15 is 0 Å². The molecule has 1 saturated carbocycles. The lowest BCUT2D eigenvalue weighted by molar-refractivity contribution is -0.385. The number of hydrogen-bond donors (Lipinski definition) is 1. The number of halogens is 2. The predicted octanol–water partition coefficient (Wildman–Crippen LogP) is 2.30. The van der Waals surface area contributed by atoms with Crippen LogP contribution in [0.15, 0.2) is 12.1 Å². The molecular formula is C13H11F2N3O3. The summed E-state index contributed by atoms with van der Waals surface area (Å²) in [6, 6.07) is 2.49. The zero-order valence-electron chi connectivity index (χ0n) is 10.8. The molecule has 1 aromatic rings. The van der Waals surface area contributed by atoms with Crippen molar-refractivity contribution in [3.63, 3.8) is 0 Å². The molecule has 1 aliphatic carbocycles. The summed E-state index contributed by atoms with van der Waals surface area (Å²) in [6.07, 6.45) is 1.95. The van der Waals surface area contributed by atoms with Gasteiger partial charge in [-0.25, -0.2) is 8.78 Å². The van der Waals surface area contributed by atoms with Gasteiger partial charge in [0.25, 0.3) is 11.6 Å². The van der Waals surface area contributed by atoms with Gasteiger partial charge in [-0.3, -0.25) is 14.9 Å². The van der Waals surface area contributed by atoms with Crippen molar-refractivity contribution < 1.29 is 18.5 Å². The number of carbonyl (C=O) groups is 1. The molecule has 0 heterocycles. The number of amides is 1. The Labute approximate surface area is 118 Å². The van der Waals surface area contributed by atoms with Gasteiger partial charge in [0.05, 0.1) is 23.0 Å². The van der Waals surface area contributed by atoms with Crippen molar-refractivity contribution in [1.82, 2.24) is 5.32 Å². The Kier molecular flexibility index (Phi) is 4.12. The van der Waals surface area contributed by atoms with Gasteiger partial charge in [0, 0.05) is 6.04 Å². The Morgan fingerprint density at radius 1 is 1.38 bits per heavy atom. The molecule has 1 N–H and O–H groups in total. The van der Waals surface area contributed by atoms with Crippen LogP contribution >= 0.6 is 0 Å². The number of nitro groups is 1. The van der Waals surface area contributed by atoms with Crippen LogP contribution in [0.25, 0.3) is 0 Å². The van der Waals surface area contributed by atoms with Gasteiger partial charge in [-0.1, -0.05) is 0 Å². The van der Waals surface area contributed by atoms with E-state index in [1.807, 2.05) is 6.07 Å². The van der Waals surface area contributed by atoms with Gasteiger partial charge in [-0.05, 0) is 25.3 Å². The van der Waals surface area contributed by atoms with E-state index in [4.69, 9.17) is 5.26 Å². The third kappa shape index (κ3) is 2.97. The first kappa shape index (κ1) is 14.8. The second-order valence-electron chi connectivity index (χ2n) is 4.79. The monoisotopic (exact) mass is 295 g/mol. The van der Waals surface area contributed by atoms with Crippen molar-refractivity contribution in [1.29, 1.82) is 5.26 Å². The van der Waals surface area contributed by atoms with Crippen molar-refractivity contribution in [2.45, 2.75) is 25.3 Å². The number of benzene rings is 1. The van der Waals surface area contributed by atoms with E-state index in [1.165, 1.54) is 0 Å². The summed E-state index contributed by atoms with van der Waals surface area (Å²) in [5.41, 5.74) is -1.36. The van der Waals surface area contributed by atoms with Gasteiger partial charge >= 0.3 is 0 Å². The predicted molar refractivity (Wildman–Crippen MR) is 67.2 cm³/mol. The Morgan fingerprint density at radius 3 is 2.67 bits per heavy atom. The number of hydrogen-bond acceptors (Lipinski definition) is 4. The smallest absolute Gasteiger partial charge is 0.285 e. The lowest BCUT2D eigenvalue weighted by atomic mass is 10.0. The van der Waals surface area contributed by atoms with Crippen molar-refractivity contribution >= 4 is 11.6 Å². The molecule has 1 aliphatic rings. The molecule has 0 bridgehead atoms. The van der Waals surface area contributed by atoms with Crippen LogP contribution < -0.4 is 5.32 Å². The van der Waals surface area contributed by atoms with Crippen LogP contribution in [-0.4, -0.2) is 16.9 Å². The van der Waals surface area contributed by atoms with Crippen LogP contribution in [0.2, 0.25) is 0 Å². The number of nitriles is 1. The summed E-state index contributed by atoms with van der Waals surface area (Å²) in [4.78, 5) is 21.9. The maximum absolute atomic E-state index is 13.2. The Bertz CT molecular complexity index is 642. The summed E-state index contributed by atoms with van der Waals surface area (Å²) in [5.74, 6) is -3.99. The molecule has 0 saturated heterocycles. The average Bonchev–Trinajstić information content (AvgIpc) is 2.88. The zero-order valence-corrected chi connectivity index (χ0v) is 10.8. The highest BCUT2D eigenvalue weighted by atomic mass is 19.2. The molecule has 21 heavy (non-hydrogen) atoms. The SMILES string of the molecule is N#CC1CCCC1NC(=O)c1cc(F)c(F)cc1[N+](=O)[O-]. The Hall–Kier alpha value is -2.56. The van der Waals surface area contributed by atoms with E-state index in [0.717, 1.165) is 6.42 Å². The summed E-state index contributed by atoms with van der Waals surface area (Å²) in [7, 11) is 0. The van der Waals surface area contributed by atoms with E-state index in [2.05, 4.69) is 5.32 Å². The molecular weight excluding hydrogens is 284 g/mol. The van der Waals surface area contributed by atoms with Crippen molar-refractivity contribution in [2.75, 3.05) is 0 Å². The van der Waals surface area contributed by atoms with Crippen molar-refractivity contribution in [3.8, 4) is 6.07 Å². The highest BCUT2D eigenvalue weighted by molar-refractivity contribution is 5.98. The van der Waals surface area contributed by atoms with Crippen molar-refractivity contribution in [2.24, 2.45) is 5.92 Å². The Morgan fingerprint density at radius 2 is 2.05 bits per heavy atom. The second kappa shape index (κ2) is 5.83. The number of carbonyl (C=O) groups excluding carboxylic acids is 1. The van der Waals surface area contributed by atoms with Crippen LogP contribution in [0.3, 0.4) is 0 Å². The maximum Gasteiger partial charge on any atom is 0.285 e. The molecule has 0 radical (unpaired) electrons. The van der Waals surface area contributed by atoms with Crippen LogP contribution in [0.4, 0.5) is 14.5 Å². The van der Waals surface area contributed by atoms with E-state index < -0.39 is 39.8 Å². The first-order valence-corrected chi connectivity index (χ1v) is 6.28. The molecule has 6 nitrogen and oxygen atoms in total. The molecule has 2 unspecified atom stereocenters. The summed E-state index contributed by atoms with van der Waals surface area (Å²) in [5, 5.41) is 22.2. The van der Waals surface area contributed by atoms with Crippen LogP contribution in [0.1, 0.15) is 29.6 Å². The molecule has 2 atom stereocenters. The number of nitro benzene ring substituents is 1. The minimum absolute atomic E-state index is 0.376. The van der Waals surface area contributed by atoms with Crippen LogP contribution in [0, 0.1) is 39.0 Å². The molecule has 1 fully saturated rings. The molecule has 2 rings (SSSR count). The van der Waals surface area contributed by atoms with Gasteiger partial charge in [0.2, 0.25) is 0 Å². The molecule has 8 heteroatoms. The fraction of sp³-hybridized carbons (Fsp3) is 0.385. The summed E-state index contributed by atoms with van der Waals surface area (Å²) in [6.45, 7) is 0. The van der Waals surface area contributed by atoms with E-state index in [1.54, 1.807) is 0 Å². The van der Waals surface area contributed by atoms with Gasteiger partial charge in [-0.2, -0.15) is 5.26 Å². The largest absolute Gasteiger partial charge is 0.348 e. The third-order valence-electron chi connectivity index (χ3n) is 3.48. The van der Waals surface area contributed by atoms with Crippen LogP contribution in [0.5, 0.6) is 0 Å². The number of rotatable bonds is 3. The topological polar surface area (TPSA) is 96.0 Å². The highest BCUT2D eigenvalue weighted by Crippen LogP contribution is 2.27.